The minimum absolute atomic E-state index is 0.00261. The van der Waals surface area contributed by atoms with Crippen molar-refractivity contribution in [3.63, 3.8) is 0 Å². The number of hydrogen-bond donors (Lipinski definition) is 3. The topological polar surface area (TPSA) is 83.4 Å². The highest BCUT2D eigenvalue weighted by Gasteiger charge is 2.15. The van der Waals surface area contributed by atoms with Gasteiger partial charge in [0, 0.05) is 0 Å². The molecule has 1 heterocycles. The molecule has 0 atom stereocenters. The molecule has 3 N–H and O–H groups in total. The summed E-state index contributed by atoms with van der Waals surface area (Å²) in [6.07, 6.45) is 1.53. The Kier molecular flexibility index (Phi) is 6.38. The van der Waals surface area contributed by atoms with Gasteiger partial charge in [0.2, 0.25) is 5.91 Å². The molecule has 3 aromatic rings. The Balaban J connectivity index is 1.55. The van der Waals surface area contributed by atoms with E-state index >= 15 is 0 Å². The van der Waals surface area contributed by atoms with Crippen LogP contribution in [-0.2, 0) is 11.3 Å². The summed E-state index contributed by atoms with van der Waals surface area (Å²) in [5.41, 5.74) is 2.08. The lowest BCUT2D eigenvalue weighted by Gasteiger charge is -2.19. The number of benzene rings is 2. The van der Waals surface area contributed by atoms with Crippen molar-refractivity contribution >= 4 is 11.9 Å². The van der Waals surface area contributed by atoms with Crippen LogP contribution in [0.4, 0.5) is 4.79 Å². The summed E-state index contributed by atoms with van der Waals surface area (Å²) in [4.78, 5) is 23.9. The van der Waals surface area contributed by atoms with E-state index in [1.165, 1.54) is 6.26 Å². The average molecular weight is 363 g/mol. The van der Waals surface area contributed by atoms with E-state index in [1.807, 2.05) is 60.7 Å². The maximum absolute atomic E-state index is 12.1. The van der Waals surface area contributed by atoms with E-state index in [1.54, 1.807) is 12.1 Å². The largest absolute Gasteiger partial charge is 0.467 e. The van der Waals surface area contributed by atoms with Crippen LogP contribution >= 0.6 is 0 Å². The quantitative estimate of drug-likeness (QED) is 0.603. The third-order valence-electron chi connectivity index (χ3n) is 3.99. The number of amides is 3. The zero-order chi connectivity index (χ0) is 18.9. The maximum atomic E-state index is 12.1. The Morgan fingerprint density at radius 1 is 0.852 bits per heavy atom. The molecule has 0 aliphatic rings. The smallest absolute Gasteiger partial charge is 0.321 e. The Hall–Kier alpha value is -3.38. The van der Waals surface area contributed by atoms with Crippen molar-refractivity contribution < 1.29 is 14.0 Å². The summed E-state index contributed by atoms with van der Waals surface area (Å²) >= 11 is 0. The highest BCUT2D eigenvalue weighted by atomic mass is 16.3. The Morgan fingerprint density at radius 2 is 1.48 bits per heavy atom. The van der Waals surface area contributed by atoms with Crippen molar-refractivity contribution in [2.45, 2.75) is 12.6 Å². The molecule has 0 bridgehead atoms. The molecule has 0 aliphatic carbocycles. The predicted molar refractivity (Wildman–Crippen MR) is 102 cm³/mol. The zero-order valence-corrected chi connectivity index (χ0v) is 14.7. The summed E-state index contributed by atoms with van der Waals surface area (Å²) < 4.78 is 5.13. The lowest BCUT2D eigenvalue weighted by molar-refractivity contribution is -0.119. The first-order valence-corrected chi connectivity index (χ1v) is 8.66. The number of urea groups is 1. The summed E-state index contributed by atoms with van der Waals surface area (Å²) in [7, 11) is 0. The van der Waals surface area contributed by atoms with Crippen molar-refractivity contribution in [2.75, 3.05) is 6.54 Å². The second kappa shape index (κ2) is 9.35. The van der Waals surface area contributed by atoms with E-state index in [-0.39, 0.29) is 19.1 Å². The van der Waals surface area contributed by atoms with Crippen LogP contribution in [0.15, 0.2) is 83.5 Å². The second-order valence-corrected chi connectivity index (χ2v) is 5.95. The van der Waals surface area contributed by atoms with Gasteiger partial charge in [-0.1, -0.05) is 60.7 Å². The number of imide groups is 1. The summed E-state index contributed by atoms with van der Waals surface area (Å²) in [6, 6.07) is 22.5. The molecule has 0 aliphatic heterocycles. The molecule has 0 unspecified atom stereocenters. The standard InChI is InChI=1S/C21H21N3O3/c25-19(24-21(26)23-14-18-12-7-13-27-18)15-22-20(16-8-3-1-4-9-16)17-10-5-2-6-11-17/h1-13,20,22H,14-15H2,(H2,23,24,25,26). The number of carbonyl (C=O) groups excluding carboxylic acids is 2. The van der Waals surface area contributed by atoms with Gasteiger partial charge in [-0.15, -0.1) is 0 Å². The Bertz CT molecular complexity index is 809. The first-order valence-electron chi connectivity index (χ1n) is 8.66. The van der Waals surface area contributed by atoms with Gasteiger partial charge in [-0.25, -0.2) is 4.79 Å². The molecule has 3 amide bonds. The first kappa shape index (κ1) is 18.4. The van der Waals surface area contributed by atoms with Gasteiger partial charge >= 0.3 is 6.03 Å². The van der Waals surface area contributed by atoms with Gasteiger partial charge in [0.25, 0.3) is 0 Å². The van der Waals surface area contributed by atoms with E-state index in [9.17, 15) is 9.59 Å². The molecule has 1 aromatic heterocycles. The van der Waals surface area contributed by atoms with Gasteiger partial charge in [0.05, 0.1) is 25.4 Å². The summed E-state index contributed by atoms with van der Waals surface area (Å²) in [5.74, 6) is 0.202. The van der Waals surface area contributed by atoms with Crippen molar-refractivity contribution in [2.24, 2.45) is 0 Å². The lowest BCUT2D eigenvalue weighted by Crippen LogP contribution is -2.43. The van der Waals surface area contributed by atoms with Gasteiger partial charge in [-0.05, 0) is 23.3 Å². The fraction of sp³-hybridized carbons (Fsp3) is 0.143. The van der Waals surface area contributed by atoms with Gasteiger partial charge in [-0.2, -0.15) is 0 Å². The third kappa shape index (κ3) is 5.55. The van der Waals surface area contributed by atoms with Crippen LogP contribution in [0.5, 0.6) is 0 Å². The molecule has 2 aromatic carbocycles. The van der Waals surface area contributed by atoms with E-state index in [0.29, 0.717) is 5.76 Å². The second-order valence-electron chi connectivity index (χ2n) is 5.95. The van der Waals surface area contributed by atoms with Gasteiger partial charge in [0.1, 0.15) is 5.76 Å². The van der Waals surface area contributed by atoms with E-state index < -0.39 is 11.9 Å². The van der Waals surface area contributed by atoms with Gasteiger partial charge in [0.15, 0.2) is 0 Å². The molecular weight excluding hydrogens is 342 g/mol. The molecule has 27 heavy (non-hydrogen) atoms. The number of nitrogens with one attached hydrogen (secondary N) is 3. The Morgan fingerprint density at radius 3 is 2.04 bits per heavy atom. The molecule has 3 rings (SSSR count). The van der Waals surface area contributed by atoms with E-state index in [4.69, 9.17) is 4.42 Å². The summed E-state index contributed by atoms with van der Waals surface area (Å²) in [6.45, 7) is 0.221. The van der Waals surface area contributed by atoms with E-state index in [0.717, 1.165) is 11.1 Å². The van der Waals surface area contributed by atoms with Crippen molar-refractivity contribution in [3.8, 4) is 0 Å². The minimum Gasteiger partial charge on any atom is -0.467 e. The van der Waals surface area contributed by atoms with Gasteiger partial charge in [-0.3, -0.25) is 15.4 Å². The van der Waals surface area contributed by atoms with Crippen LogP contribution in [-0.4, -0.2) is 18.5 Å². The summed E-state index contributed by atoms with van der Waals surface area (Å²) in [5, 5.41) is 8.10. The molecule has 0 saturated heterocycles. The van der Waals surface area contributed by atoms with Crippen LogP contribution in [0, 0.1) is 0 Å². The number of hydrogen-bond acceptors (Lipinski definition) is 4. The highest BCUT2D eigenvalue weighted by molar-refractivity contribution is 5.95. The normalized spacial score (nSPS) is 10.6. The fourth-order valence-electron chi connectivity index (χ4n) is 2.71. The maximum Gasteiger partial charge on any atom is 0.321 e. The molecule has 6 nitrogen and oxygen atoms in total. The van der Waals surface area contributed by atoms with Crippen LogP contribution < -0.4 is 16.0 Å². The van der Waals surface area contributed by atoms with Crippen LogP contribution in [0.1, 0.15) is 22.9 Å². The molecule has 0 radical (unpaired) electrons. The van der Waals surface area contributed by atoms with Crippen LogP contribution in [0.3, 0.4) is 0 Å². The number of furan rings is 1. The average Bonchev–Trinajstić information content (AvgIpc) is 3.22. The molecular formula is C21H21N3O3. The van der Waals surface area contributed by atoms with Crippen LogP contribution in [0.25, 0.3) is 0 Å². The van der Waals surface area contributed by atoms with Gasteiger partial charge < -0.3 is 9.73 Å². The molecule has 0 saturated carbocycles. The lowest BCUT2D eigenvalue weighted by atomic mass is 9.99. The molecule has 6 heteroatoms. The monoisotopic (exact) mass is 363 g/mol. The number of rotatable bonds is 7. The molecule has 0 spiro atoms. The highest BCUT2D eigenvalue weighted by Crippen LogP contribution is 2.21. The molecule has 0 fully saturated rings. The predicted octanol–water partition coefficient (Wildman–Crippen LogP) is 2.98. The molecule has 138 valence electrons. The zero-order valence-electron chi connectivity index (χ0n) is 14.7. The third-order valence-corrected chi connectivity index (χ3v) is 3.99. The first-order chi connectivity index (χ1) is 13.2. The van der Waals surface area contributed by atoms with Crippen molar-refractivity contribution in [1.82, 2.24) is 16.0 Å². The van der Waals surface area contributed by atoms with Crippen LogP contribution in [0.2, 0.25) is 0 Å². The SMILES string of the molecule is O=C(CNC(c1ccccc1)c1ccccc1)NC(=O)NCc1ccco1. The van der Waals surface area contributed by atoms with Crippen molar-refractivity contribution in [1.29, 1.82) is 0 Å². The number of carbonyl (C=O) groups is 2. The van der Waals surface area contributed by atoms with Crippen molar-refractivity contribution in [3.05, 3.63) is 95.9 Å². The fourth-order valence-corrected chi connectivity index (χ4v) is 2.71. The minimum atomic E-state index is -0.561. The Labute approximate surface area is 157 Å². The van der Waals surface area contributed by atoms with E-state index in [2.05, 4.69) is 16.0 Å².